The second-order valence-corrected chi connectivity index (χ2v) is 5.81. The van der Waals surface area contributed by atoms with Gasteiger partial charge in [-0.25, -0.2) is 0 Å². The molecule has 21 heavy (non-hydrogen) atoms. The molecule has 3 N–H and O–H groups in total. The molecule has 0 radical (unpaired) electrons. The van der Waals surface area contributed by atoms with E-state index in [0.717, 1.165) is 5.56 Å². The Labute approximate surface area is 129 Å². The molecule has 0 unspecified atom stereocenters. The molecule has 0 aliphatic heterocycles. The van der Waals surface area contributed by atoms with Gasteiger partial charge in [-0.15, -0.1) is 0 Å². The molecule has 1 aromatic carbocycles. The number of ether oxygens (including phenoxy) is 2. The van der Waals surface area contributed by atoms with Crippen molar-refractivity contribution < 1.29 is 19.1 Å². The van der Waals surface area contributed by atoms with Crippen molar-refractivity contribution in [2.75, 3.05) is 13.7 Å². The molecule has 6 nitrogen and oxygen atoms in total. The van der Waals surface area contributed by atoms with Crippen LogP contribution in [0.3, 0.4) is 0 Å². The van der Waals surface area contributed by atoms with Crippen LogP contribution in [-0.4, -0.2) is 25.2 Å². The molecule has 1 aromatic rings. The van der Waals surface area contributed by atoms with Gasteiger partial charge in [-0.2, -0.15) is 5.48 Å². The summed E-state index contributed by atoms with van der Waals surface area (Å²) < 4.78 is 10.5. The van der Waals surface area contributed by atoms with Crippen LogP contribution in [-0.2, 0) is 16.2 Å². The summed E-state index contributed by atoms with van der Waals surface area (Å²) in [7, 11) is 1.49. The van der Waals surface area contributed by atoms with Crippen LogP contribution in [0.1, 0.15) is 26.3 Å². The maximum Gasteiger partial charge on any atom is 0.255 e. The molecule has 0 saturated carbocycles. The fourth-order valence-corrected chi connectivity index (χ4v) is 1.78. The third kappa shape index (κ3) is 6.20. The summed E-state index contributed by atoms with van der Waals surface area (Å²) in [6.45, 7) is 6.00. The van der Waals surface area contributed by atoms with Crippen molar-refractivity contribution in [1.29, 1.82) is 0 Å². The first-order valence-electron chi connectivity index (χ1n) is 6.41. The van der Waals surface area contributed by atoms with Crippen molar-refractivity contribution in [3.8, 4) is 11.5 Å². The van der Waals surface area contributed by atoms with E-state index in [9.17, 15) is 4.79 Å². The molecule has 0 spiro atoms. The Balaban J connectivity index is 2.80. The number of amides is 1. The number of methoxy groups -OCH3 is 1. The van der Waals surface area contributed by atoms with Crippen molar-refractivity contribution in [2.45, 2.75) is 32.9 Å². The minimum absolute atomic E-state index is 0.263. The number of hydrogen-bond acceptors (Lipinski definition) is 5. The fourth-order valence-electron chi connectivity index (χ4n) is 1.49. The average Bonchev–Trinajstić information content (AvgIpc) is 2.35. The fraction of sp³-hybridized carbons (Fsp3) is 0.500. The highest BCUT2D eigenvalue weighted by atomic mass is 35.5. The number of halogens is 1. The number of benzene rings is 1. The van der Waals surface area contributed by atoms with Gasteiger partial charge in [0.1, 0.15) is 0 Å². The SMILES string of the molecule is COc1cc(CNOC(C)(C)C)cc(Cl)c1OCC(N)=O. The zero-order valence-electron chi connectivity index (χ0n) is 12.7. The van der Waals surface area contributed by atoms with Crippen LogP contribution in [0.25, 0.3) is 0 Å². The van der Waals surface area contributed by atoms with Gasteiger partial charge in [-0.05, 0) is 38.5 Å². The summed E-state index contributed by atoms with van der Waals surface area (Å²) in [5.41, 5.74) is 8.47. The molecule has 1 amide bonds. The van der Waals surface area contributed by atoms with E-state index in [1.807, 2.05) is 20.8 Å². The standard InChI is InChI=1S/C14H21ClN2O4/c1-14(2,3)21-17-7-9-5-10(15)13(11(6-9)19-4)20-8-12(16)18/h5-6,17H,7-8H2,1-4H3,(H2,16,18). The predicted molar refractivity (Wildman–Crippen MR) is 80.4 cm³/mol. The van der Waals surface area contributed by atoms with Crippen molar-refractivity contribution in [2.24, 2.45) is 5.73 Å². The lowest BCUT2D eigenvalue weighted by atomic mass is 10.2. The van der Waals surface area contributed by atoms with E-state index < -0.39 is 5.91 Å². The first-order chi connectivity index (χ1) is 9.73. The number of carbonyl (C=O) groups excluding carboxylic acids is 1. The van der Waals surface area contributed by atoms with E-state index in [1.165, 1.54) is 7.11 Å². The third-order valence-electron chi connectivity index (χ3n) is 2.30. The van der Waals surface area contributed by atoms with E-state index in [0.29, 0.717) is 23.1 Å². The van der Waals surface area contributed by atoms with E-state index in [1.54, 1.807) is 12.1 Å². The van der Waals surface area contributed by atoms with Gasteiger partial charge in [-0.3, -0.25) is 9.63 Å². The van der Waals surface area contributed by atoms with Gasteiger partial charge in [0, 0.05) is 6.54 Å². The summed E-state index contributed by atoms with van der Waals surface area (Å²) in [5.74, 6) is 0.132. The Morgan fingerprint density at radius 2 is 2.05 bits per heavy atom. The molecule has 0 heterocycles. The Bertz CT molecular complexity index is 500. The first-order valence-corrected chi connectivity index (χ1v) is 6.79. The van der Waals surface area contributed by atoms with Crippen LogP contribution < -0.4 is 20.7 Å². The predicted octanol–water partition coefficient (Wildman–Crippen LogP) is 2.03. The lowest BCUT2D eigenvalue weighted by molar-refractivity contribution is -0.119. The number of hydroxylamine groups is 1. The van der Waals surface area contributed by atoms with Crippen molar-refractivity contribution >= 4 is 17.5 Å². The summed E-state index contributed by atoms with van der Waals surface area (Å²) >= 11 is 6.14. The van der Waals surface area contributed by atoms with E-state index in [2.05, 4.69) is 5.48 Å². The number of carbonyl (C=O) groups is 1. The number of rotatable bonds is 7. The van der Waals surface area contributed by atoms with Crippen LogP contribution >= 0.6 is 11.6 Å². The second kappa shape index (κ2) is 7.49. The maximum atomic E-state index is 10.8. The quantitative estimate of drug-likeness (QED) is 0.752. The number of nitrogens with one attached hydrogen (secondary N) is 1. The molecule has 0 saturated heterocycles. The van der Waals surface area contributed by atoms with Gasteiger partial charge in [0.15, 0.2) is 18.1 Å². The molecule has 0 fully saturated rings. The van der Waals surface area contributed by atoms with Crippen LogP contribution in [0.4, 0.5) is 0 Å². The first kappa shape index (κ1) is 17.6. The van der Waals surface area contributed by atoms with Gasteiger partial charge in [0.2, 0.25) is 0 Å². The highest BCUT2D eigenvalue weighted by Crippen LogP contribution is 2.36. The van der Waals surface area contributed by atoms with E-state index in [4.69, 9.17) is 31.6 Å². The molecule has 1 rings (SSSR count). The Morgan fingerprint density at radius 3 is 2.57 bits per heavy atom. The number of nitrogens with two attached hydrogens (primary N) is 1. The second-order valence-electron chi connectivity index (χ2n) is 5.40. The highest BCUT2D eigenvalue weighted by Gasteiger charge is 2.14. The molecule has 0 bridgehead atoms. The zero-order valence-corrected chi connectivity index (χ0v) is 13.4. The van der Waals surface area contributed by atoms with Gasteiger partial charge < -0.3 is 15.2 Å². The largest absolute Gasteiger partial charge is 0.493 e. The topological polar surface area (TPSA) is 82.8 Å². The minimum Gasteiger partial charge on any atom is -0.493 e. The Morgan fingerprint density at radius 1 is 1.38 bits per heavy atom. The van der Waals surface area contributed by atoms with Crippen LogP contribution in [0.2, 0.25) is 5.02 Å². The summed E-state index contributed by atoms with van der Waals surface area (Å²) in [6.07, 6.45) is 0. The maximum absolute atomic E-state index is 10.8. The van der Waals surface area contributed by atoms with E-state index >= 15 is 0 Å². The molecule has 0 aliphatic carbocycles. The molecule has 7 heteroatoms. The molecular weight excluding hydrogens is 296 g/mol. The Hall–Kier alpha value is -1.50. The summed E-state index contributed by atoms with van der Waals surface area (Å²) in [6, 6.07) is 3.46. The van der Waals surface area contributed by atoms with Crippen LogP contribution in [0, 0.1) is 0 Å². The van der Waals surface area contributed by atoms with Crippen LogP contribution in [0.5, 0.6) is 11.5 Å². The van der Waals surface area contributed by atoms with Crippen molar-refractivity contribution in [3.63, 3.8) is 0 Å². The molecule has 0 aromatic heterocycles. The zero-order chi connectivity index (χ0) is 16.0. The number of primary amides is 1. The van der Waals surface area contributed by atoms with Gasteiger partial charge in [-0.1, -0.05) is 11.6 Å². The van der Waals surface area contributed by atoms with Crippen molar-refractivity contribution in [3.05, 3.63) is 22.7 Å². The number of hydrogen-bond donors (Lipinski definition) is 2. The minimum atomic E-state index is -0.586. The Kier molecular flexibility index (Phi) is 6.26. The normalized spacial score (nSPS) is 11.3. The lowest BCUT2D eigenvalue weighted by Gasteiger charge is -2.20. The molecular formula is C14H21ClN2O4. The molecule has 118 valence electrons. The van der Waals surface area contributed by atoms with Gasteiger partial charge in [0.05, 0.1) is 17.7 Å². The monoisotopic (exact) mass is 316 g/mol. The molecule has 0 aliphatic rings. The third-order valence-corrected chi connectivity index (χ3v) is 2.58. The smallest absolute Gasteiger partial charge is 0.255 e. The van der Waals surface area contributed by atoms with Crippen LogP contribution in [0.15, 0.2) is 12.1 Å². The highest BCUT2D eigenvalue weighted by molar-refractivity contribution is 6.32. The summed E-state index contributed by atoms with van der Waals surface area (Å²) in [5, 5.41) is 0.336. The lowest BCUT2D eigenvalue weighted by Crippen LogP contribution is -2.28. The summed E-state index contributed by atoms with van der Waals surface area (Å²) in [4.78, 5) is 16.2. The average molecular weight is 317 g/mol. The van der Waals surface area contributed by atoms with Crippen molar-refractivity contribution in [1.82, 2.24) is 5.48 Å². The molecule has 0 atom stereocenters. The van der Waals surface area contributed by atoms with E-state index in [-0.39, 0.29) is 12.2 Å². The van der Waals surface area contributed by atoms with Gasteiger partial charge >= 0.3 is 0 Å². The van der Waals surface area contributed by atoms with Gasteiger partial charge in [0.25, 0.3) is 5.91 Å².